The molecule has 1 aromatic carbocycles. The fourth-order valence-corrected chi connectivity index (χ4v) is 9.29. The fourth-order valence-electron chi connectivity index (χ4n) is 9.29. The molecule has 3 aliphatic rings. The van der Waals surface area contributed by atoms with Crippen molar-refractivity contribution in [3.8, 4) is 0 Å². The van der Waals surface area contributed by atoms with Crippen LogP contribution in [0.1, 0.15) is 97.1 Å². The predicted octanol–water partition coefficient (Wildman–Crippen LogP) is 8.14. The molecule has 6 atom stereocenters. The highest BCUT2D eigenvalue weighted by Crippen LogP contribution is 2.68. The third-order valence-corrected chi connectivity index (χ3v) is 10.5. The molecule has 0 radical (unpaired) electrons. The summed E-state index contributed by atoms with van der Waals surface area (Å²) in [5.41, 5.74) is 5.59. The Morgan fingerprint density at radius 2 is 1.88 bits per heavy atom. The highest BCUT2D eigenvalue weighted by Gasteiger charge is 2.60. The number of fused-ring (bicyclic) bond motifs is 3. The minimum absolute atomic E-state index is 0.302. The summed E-state index contributed by atoms with van der Waals surface area (Å²) in [4.78, 5) is 0. The van der Waals surface area contributed by atoms with Crippen LogP contribution in [0.5, 0.6) is 0 Å². The first kappa shape index (κ1) is 24.1. The number of hydrogen-bond donors (Lipinski definition) is 1. The lowest BCUT2D eigenvalue weighted by Crippen LogP contribution is -2.50. The van der Waals surface area contributed by atoms with E-state index in [9.17, 15) is 5.11 Å². The summed E-state index contributed by atoms with van der Waals surface area (Å²) in [5.74, 6) is 3.33. The van der Waals surface area contributed by atoms with Gasteiger partial charge in [-0.1, -0.05) is 82.5 Å². The quantitative estimate of drug-likeness (QED) is 0.428. The zero-order valence-corrected chi connectivity index (χ0v) is 21.7. The van der Waals surface area contributed by atoms with Gasteiger partial charge in [0, 0.05) is 6.61 Å². The van der Waals surface area contributed by atoms with Gasteiger partial charge in [0.1, 0.15) is 0 Å². The Kier molecular flexibility index (Phi) is 6.72. The normalized spacial score (nSPS) is 37.0. The van der Waals surface area contributed by atoms with E-state index in [0.29, 0.717) is 22.9 Å². The molecule has 32 heavy (non-hydrogen) atoms. The second kappa shape index (κ2) is 8.94. The molecule has 6 unspecified atom stereocenters. The standard InChI is InChI=1S/C31H48O/c1-7-17-30(5)24(16-19-32)11-12-25-26-13-14-28(31(26,6)18-15-27(25)30)29(3,4)21-23-10-8-9-22(2)20-23/h8-11,20,25-28,32H,7,12-19,21H2,1-6H3. The molecule has 0 saturated heterocycles. The summed E-state index contributed by atoms with van der Waals surface area (Å²) in [6.45, 7) is 15.2. The third-order valence-electron chi connectivity index (χ3n) is 10.5. The smallest absolute Gasteiger partial charge is 0.0468 e. The first-order valence-electron chi connectivity index (χ1n) is 13.5. The molecule has 3 aliphatic carbocycles. The Balaban J connectivity index is 1.59. The minimum Gasteiger partial charge on any atom is -0.396 e. The van der Waals surface area contributed by atoms with Crippen LogP contribution < -0.4 is 0 Å². The van der Waals surface area contributed by atoms with E-state index < -0.39 is 0 Å². The van der Waals surface area contributed by atoms with Crippen LogP contribution in [0.25, 0.3) is 0 Å². The van der Waals surface area contributed by atoms with Crippen molar-refractivity contribution in [3.05, 3.63) is 47.0 Å². The lowest BCUT2D eigenvalue weighted by atomic mass is 9.47. The van der Waals surface area contributed by atoms with E-state index in [4.69, 9.17) is 0 Å². The van der Waals surface area contributed by atoms with Gasteiger partial charge in [-0.2, -0.15) is 0 Å². The molecule has 2 saturated carbocycles. The van der Waals surface area contributed by atoms with Crippen LogP contribution in [0.15, 0.2) is 35.9 Å². The van der Waals surface area contributed by atoms with Crippen molar-refractivity contribution in [2.75, 3.05) is 6.61 Å². The van der Waals surface area contributed by atoms with E-state index >= 15 is 0 Å². The van der Waals surface area contributed by atoms with Gasteiger partial charge in [-0.3, -0.25) is 0 Å². The molecule has 2 fully saturated rings. The van der Waals surface area contributed by atoms with Crippen LogP contribution in [-0.4, -0.2) is 11.7 Å². The molecule has 1 aromatic rings. The first-order chi connectivity index (χ1) is 15.2. The molecule has 0 spiro atoms. The lowest BCUT2D eigenvalue weighted by Gasteiger charge is -2.58. The van der Waals surface area contributed by atoms with Crippen molar-refractivity contribution in [3.63, 3.8) is 0 Å². The van der Waals surface area contributed by atoms with E-state index in [-0.39, 0.29) is 0 Å². The fraction of sp³-hybridized carbons (Fsp3) is 0.742. The largest absolute Gasteiger partial charge is 0.396 e. The van der Waals surface area contributed by atoms with Crippen LogP contribution >= 0.6 is 0 Å². The number of allylic oxidation sites excluding steroid dienone is 1. The zero-order valence-electron chi connectivity index (χ0n) is 21.7. The van der Waals surface area contributed by atoms with Crippen molar-refractivity contribution in [1.82, 2.24) is 0 Å². The zero-order chi connectivity index (χ0) is 23.1. The Morgan fingerprint density at radius 1 is 1.09 bits per heavy atom. The van der Waals surface area contributed by atoms with Crippen LogP contribution in [0.2, 0.25) is 0 Å². The molecule has 1 N–H and O–H groups in total. The molecule has 0 heterocycles. The molecular formula is C31H48O. The maximum Gasteiger partial charge on any atom is 0.0468 e. The molecule has 0 aliphatic heterocycles. The second-order valence-electron chi connectivity index (χ2n) is 12.8. The van der Waals surface area contributed by atoms with Gasteiger partial charge in [0.25, 0.3) is 0 Å². The Labute approximate surface area is 198 Å². The number of rotatable bonds is 7. The highest BCUT2D eigenvalue weighted by molar-refractivity contribution is 5.25. The molecule has 0 bridgehead atoms. The van der Waals surface area contributed by atoms with Crippen molar-refractivity contribution >= 4 is 0 Å². The van der Waals surface area contributed by atoms with Gasteiger partial charge in [-0.15, -0.1) is 0 Å². The summed E-state index contributed by atoms with van der Waals surface area (Å²) in [6, 6.07) is 9.20. The van der Waals surface area contributed by atoms with Crippen molar-refractivity contribution in [2.45, 2.75) is 99.3 Å². The average Bonchev–Trinajstić information content (AvgIpc) is 3.08. The topological polar surface area (TPSA) is 20.2 Å². The minimum atomic E-state index is 0.302. The first-order valence-corrected chi connectivity index (χ1v) is 13.5. The molecule has 1 nitrogen and oxygen atoms in total. The van der Waals surface area contributed by atoms with Crippen LogP contribution in [0.4, 0.5) is 0 Å². The van der Waals surface area contributed by atoms with Gasteiger partial charge in [-0.25, -0.2) is 0 Å². The van der Waals surface area contributed by atoms with Gasteiger partial charge < -0.3 is 5.11 Å². The lowest BCUT2D eigenvalue weighted by molar-refractivity contribution is -0.0601. The molecule has 0 aromatic heterocycles. The maximum absolute atomic E-state index is 9.73. The monoisotopic (exact) mass is 436 g/mol. The van der Waals surface area contributed by atoms with Gasteiger partial charge in [0.15, 0.2) is 0 Å². The average molecular weight is 437 g/mol. The van der Waals surface area contributed by atoms with Gasteiger partial charge in [-0.05, 0) is 104 Å². The van der Waals surface area contributed by atoms with Crippen LogP contribution in [0, 0.1) is 46.8 Å². The SMILES string of the molecule is CCCC1(C)C(CCO)=CCC2C1CCC1(C)C2CCC1C(C)(C)Cc1cccc(C)c1. The summed E-state index contributed by atoms with van der Waals surface area (Å²) in [6.07, 6.45) is 14.0. The van der Waals surface area contributed by atoms with Crippen molar-refractivity contribution < 1.29 is 5.11 Å². The van der Waals surface area contributed by atoms with E-state index in [1.807, 2.05) is 0 Å². The number of aliphatic hydroxyl groups excluding tert-OH is 1. The number of aryl methyl sites for hydroxylation is 1. The summed E-state index contributed by atoms with van der Waals surface area (Å²) in [5, 5.41) is 9.73. The number of aliphatic hydroxyl groups is 1. The van der Waals surface area contributed by atoms with E-state index in [1.165, 1.54) is 62.5 Å². The Morgan fingerprint density at radius 3 is 2.56 bits per heavy atom. The highest BCUT2D eigenvalue weighted by atomic mass is 16.3. The van der Waals surface area contributed by atoms with Crippen LogP contribution in [-0.2, 0) is 6.42 Å². The number of hydrogen-bond acceptors (Lipinski definition) is 1. The van der Waals surface area contributed by atoms with Crippen molar-refractivity contribution in [1.29, 1.82) is 0 Å². The molecule has 1 heteroatoms. The summed E-state index contributed by atoms with van der Waals surface area (Å²) >= 11 is 0. The van der Waals surface area contributed by atoms with Crippen molar-refractivity contribution in [2.24, 2.45) is 39.9 Å². The number of benzene rings is 1. The Bertz CT molecular complexity index is 835. The summed E-state index contributed by atoms with van der Waals surface area (Å²) < 4.78 is 0. The summed E-state index contributed by atoms with van der Waals surface area (Å²) in [7, 11) is 0. The van der Waals surface area contributed by atoms with Crippen LogP contribution in [0.3, 0.4) is 0 Å². The second-order valence-corrected chi connectivity index (χ2v) is 12.8. The maximum atomic E-state index is 9.73. The molecular weight excluding hydrogens is 388 g/mol. The van der Waals surface area contributed by atoms with E-state index in [0.717, 1.165) is 30.1 Å². The third kappa shape index (κ3) is 4.02. The molecule has 0 amide bonds. The predicted molar refractivity (Wildman–Crippen MR) is 137 cm³/mol. The van der Waals surface area contributed by atoms with Gasteiger partial charge in [0.2, 0.25) is 0 Å². The van der Waals surface area contributed by atoms with E-state index in [1.54, 1.807) is 5.57 Å². The van der Waals surface area contributed by atoms with Gasteiger partial charge >= 0.3 is 0 Å². The van der Waals surface area contributed by atoms with E-state index in [2.05, 4.69) is 71.9 Å². The van der Waals surface area contributed by atoms with Gasteiger partial charge in [0.05, 0.1) is 0 Å². The molecule has 178 valence electrons. The molecule has 4 rings (SSSR count). The Hall–Kier alpha value is -1.08.